The standard InChI is InChI=1S/C8H16O/c1-4-5-8(9)6-7(2)3/h4-5,7-9H,6H2,1-3H3/b5-4+/t8-/m0/s1. The van der Waals surface area contributed by atoms with Crippen molar-refractivity contribution in [1.82, 2.24) is 0 Å². The minimum Gasteiger partial charge on any atom is -0.389 e. The molecule has 0 bridgehead atoms. The monoisotopic (exact) mass is 128 g/mol. The van der Waals surface area contributed by atoms with Gasteiger partial charge < -0.3 is 5.11 Å². The first-order valence-electron chi connectivity index (χ1n) is 3.47. The van der Waals surface area contributed by atoms with Gasteiger partial charge in [0.2, 0.25) is 0 Å². The van der Waals surface area contributed by atoms with Gasteiger partial charge in [0.25, 0.3) is 0 Å². The molecule has 1 nitrogen and oxygen atoms in total. The summed E-state index contributed by atoms with van der Waals surface area (Å²) >= 11 is 0. The van der Waals surface area contributed by atoms with Crippen LogP contribution in [0.1, 0.15) is 27.2 Å². The van der Waals surface area contributed by atoms with Crippen molar-refractivity contribution in [2.45, 2.75) is 33.3 Å². The molecule has 0 saturated heterocycles. The highest BCUT2D eigenvalue weighted by molar-refractivity contribution is 4.85. The molecule has 0 aromatic heterocycles. The Labute approximate surface area is 57.4 Å². The molecule has 1 N–H and O–H groups in total. The van der Waals surface area contributed by atoms with Gasteiger partial charge in [0.1, 0.15) is 0 Å². The Morgan fingerprint density at radius 3 is 2.33 bits per heavy atom. The van der Waals surface area contributed by atoms with E-state index in [1.165, 1.54) is 0 Å². The molecule has 1 atom stereocenters. The quantitative estimate of drug-likeness (QED) is 0.576. The van der Waals surface area contributed by atoms with E-state index in [2.05, 4.69) is 13.8 Å². The van der Waals surface area contributed by atoms with Crippen LogP contribution in [0.3, 0.4) is 0 Å². The summed E-state index contributed by atoms with van der Waals surface area (Å²) < 4.78 is 0. The summed E-state index contributed by atoms with van der Waals surface area (Å²) in [5.74, 6) is 0.580. The Bertz CT molecular complexity index is 84.6. The smallest absolute Gasteiger partial charge is 0.0723 e. The van der Waals surface area contributed by atoms with Gasteiger partial charge in [0.05, 0.1) is 6.10 Å². The number of rotatable bonds is 3. The lowest BCUT2D eigenvalue weighted by Gasteiger charge is -2.06. The fourth-order valence-corrected chi connectivity index (χ4v) is 0.784. The maximum Gasteiger partial charge on any atom is 0.0723 e. The van der Waals surface area contributed by atoms with E-state index in [4.69, 9.17) is 5.11 Å². The SMILES string of the molecule is C/C=C/[C@H](O)CC(C)C. The molecule has 0 aliphatic carbocycles. The van der Waals surface area contributed by atoms with Crippen LogP contribution in [0, 0.1) is 5.92 Å². The van der Waals surface area contributed by atoms with Crippen LogP contribution in [0.25, 0.3) is 0 Å². The summed E-state index contributed by atoms with van der Waals surface area (Å²) in [4.78, 5) is 0. The molecule has 1 heteroatoms. The second kappa shape index (κ2) is 4.57. The second-order valence-corrected chi connectivity index (χ2v) is 2.72. The number of allylic oxidation sites excluding steroid dienone is 1. The van der Waals surface area contributed by atoms with Crippen LogP contribution in [0.15, 0.2) is 12.2 Å². The average Bonchev–Trinajstić information content (AvgIpc) is 1.63. The van der Waals surface area contributed by atoms with Gasteiger partial charge in [0.15, 0.2) is 0 Å². The molecule has 0 aliphatic heterocycles. The van der Waals surface area contributed by atoms with E-state index in [0.717, 1.165) is 6.42 Å². The zero-order valence-electron chi connectivity index (χ0n) is 6.46. The number of hydrogen-bond donors (Lipinski definition) is 1. The van der Waals surface area contributed by atoms with E-state index >= 15 is 0 Å². The molecule has 54 valence electrons. The summed E-state index contributed by atoms with van der Waals surface area (Å²) in [5.41, 5.74) is 0. The lowest BCUT2D eigenvalue weighted by molar-refractivity contribution is 0.195. The normalized spacial score (nSPS) is 15.2. The lowest BCUT2D eigenvalue weighted by atomic mass is 10.1. The van der Waals surface area contributed by atoms with Gasteiger partial charge in [-0.15, -0.1) is 0 Å². The topological polar surface area (TPSA) is 20.2 Å². The first kappa shape index (κ1) is 8.70. The van der Waals surface area contributed by atoms with Gasteiger partial charge in [0, 0.05) is 0 Å². The van der Waals surface area contributed by atoms with Gasteiger partial charge in [-0.3, -0.25) is 0 Å². The highest BCUT2D eigenvalue weighted by Gasteiger charge is 2.00. The average molecular weight is 128 g/mol. The van der Waals surface area contributed by atoms with E-state index in [0.29, 0.717) is 5.92 Å². The first-order valence-corrected chi connectivity index (χ1v) is 3.47. The van der Waals surface area contributed by atoms with E-state index in [-0.39, 0.29) is 6.10 Å². The third kappa shape index (κ3) is 5.57. The number of aliphatic hydroxyl groups is 1. The van der Waals surface area contributed by atoms with Crippen LogP contribution in [0.4, 0.5) is 0 Å². The zero-order chi connectivity index (χ0) is 7.28. The molecule has 0 saturated carbocycles. The van der Waals surface area contributed by atoms with Crippen LogP contribution in [-0.2, 0) is 0 Å². The van der Waals surface area contributed by atoms with Crippen molar-refractivity contribution >= 4 is 0 Å². The van der Waals surface area contributed by atoms with Crippen molar-refractivity contribution in [2.75, 3.05) is 0 Å². The molecule has 0 spiro atoms. The maximum absolute atomic E-state index is 9.13. The molecule has 0 aromatic rings. The Morgan fingerprint density at radius 2 is 2.00 bits per heavy atom. The molecule has 9 heavy (non-hydrogen) atoms. The molecule has 0 fully saturated rings. The lowest BCUT2D eigenvalue weighted by Crippen LogP contribution is -2.05. The predicted octanol–water partition coefficient (Wildman–Crippen LogP) is 1.97. The van der Waals surface area contributed by atoms with Crippen molar-refractivity contribution in [1.29, 1.82) is 0 Å². The number of aliphatic hydroxyl groups excluding tert-OH is 1. The minimum atomic E-state index is -0.241. The summed E-state index contributed by atoms with van der Waals surface area (Å²) in [7, 11) is 0. The Kier molecular flexibility index (Phi) is 4.41. The van der Waals surface area contributed by atoms with Crippen LogP contribution in [0.5, 0.6) is 0 Å². The van der Waals surface area contributed by atoms with Crippen LogP contribution in [0.2, 0.25) is 0 Å². The van der Waals surface area contributed by atoms with Crippen LogP contribution < -0.4 is 0 Å². The van der Waals surface area contributed by atoms with E-state index in [1.807, 2.05) is 19.1 Å². The fraction of sp³-hybridized carbons (Fsp3) is 0.750. The van der Waals surface area contributed by atoms with Crippen molar-refractivity contribution in [3.8, 4) is 0 Å². The molecular formula is C8H16O. The van der Waals surface area contributed by atoms with Crippen molar-refractivity contribution in [3.05, 3.63) is 12.2 Å². The van der Waals surface area contributed by atoms with Gasteiger partial charge >= 0.3 is 0 Å². The Balaban J connectivity index is 3.38. The Morgan fingerprint density at radius 1 is 1.44 bits per heavy atom. The van der Waals surface area contributed by atoms with E-state index < -0.39 is 0 Å². The summed E-state index contributed by atoms with van der Waals surface area (Å²) in [6.07, 6.45) is 4.33. The highest BCUT2D eigenvalue weighted by Crippen LogP contribution is 2.04. The molecule has 0 heterocycles. The van der Waals surface area contributed by atoms with Crippen molar-refractivity contribution < 1.29 is 5.11 Å². The third-order valence-electron chi connectivity index (χ3n) is 1.13. The minimum absolute atomic E-state index is 0.241. The van der Waals surface area contributed by atoms with E-state index in [1.54, 1.807) is 0 Å². The van der Waals surface area contributed by atoms with Crippen molar-refractivity contribution in [2.24, 2.45) is 5.92 Å². The largest absolute Gasteiger partial charge is 0.389 e. The number of hydrogen-bond acceptors (Lipinski definition) is 1. The zero-order valence-corrected chi connectivity index (χ0v) is 6.46. The third-order valence-corrected chi connectivity index (χ3v) is 1.13. The van der Waals surface area contributed by atoms with Crippen molar-refractivity contribution in [3.63, 3.8) is 0 Å². The predicted molar refractivity (Wildman–Crippen MR) is 40.3 cm³/mol. The molecule has 0 amide bonds. The van der Waals surface area contributed by atoms with Crippen LogP contribution in [-0.4, -0.2) is 11.2 Å². The molecule has 0 rings (SSSR count). The van der Waals surface area contributed by atoms with E-state index in [9.17, 15) is 0 Å². The summed E-state index contributed by atoms with van der Waals surface area (Å²) in [5, 5.41) is 9.13. The molecule has 0 aliphatic rings. The van der Waals surface area contributed by atoms with Gasteiger partial charge in [-0.05, 0) is 19.3 Å². The fourth-order valence-electron chi connectivity index (χ4n) is 0.784. The van der Waals surface area contributed by atoms with Gasteiger partial charge in [-0.2, -0.15) is 0 Å². The molecule has 0 unspecified atom stereocenters. The summed E-state index contributed by atoms with van der Waals surface area (Å²) in [6, 6.07) is 0. The summed E-state index contributed by atoms with van der Waals surface area (Å²) in [6.45, 7) is 6.13. The molecule has 0 aromatic carbocycles. The maximum atomic E-state index is 9.13. The highest BCUT2D eigenvalue weighted by atomic mass is 16.3. The first-order chi connectivity index (χ1) is 4.16. The molecule has 0 radical (unpaired) electrons. The van der Waals surface area contributed by atoms with Gasteiger partial charge in [-0.25, -0.2) is 0 Å². The second-order valence-electron chi connectivity index (χ2n) is 2.72. The van der Waals surface area contributed by atoms with Crippen LogP contribution >= 0.6 is 0 Å². The molecular weight excluding hydrogens is 112 g/mol. The van der Waals surface area contributed by atoms with Gasteiger partial charge in [-0.1, -0.05) is 26.0 Å². The Hall–Kier alpha value is -0.300.